The fraction of sp³-hybridized carbons (Fsp3) is 1.00. The van der Waals surface area contributed by atoms with Crippen molar-refractivity contribution in [3.8, 4) is 0 Å². The summed E-state index contributed by atoms with van der Waals surface area (Å²) in [6.45, 7) is 1.74. The summed E-state index contributed by atoms with van der Waals surface area (Å²) in [7, 11) is 2.91. The van der Waals surface area contributed by atoms with Gasteiger partial charge in [0.15, 0.2) is 0 Å². The van der Waals surface area contributed by atoms with E-state index in [1.807, 2.05) is 0 Å². The van der Waals surface area contributed by atoms with Crippen LogP contribution in [0.15, 0.2) is 0 Å². The number of ether oxygens (including phenoxy) is 3. The molecular weight excluding hydrogens is 220 g/mol. The summed E-state index contributed by atoms with van der Waals surface area (Å²) in [6.07, 6.45) is 8.40. The van der Waals surface area contributed by atoms with Crippen LogP contribution in [0.5, 0.6) is 0 Å². The van der Waals surface area contributed by atoms with Gasteiger partial charge in [-0.2, -0.15) is 0 Å². The summed E-state index contributed by atoms with van der Waals surface area (Å²) in [4.78, 5) is 0. The molecule has 2 rings (SSSR count). The molecule has 3 unspecified atom stereocenters. The molecule has 94 valence electrons. The van der Waals surface area contributed by atoms with Crippen molar-refractivity contribution in [2.75, 3.05) is 20.3 Å². The molecule has 0 aliphatic carbocycles. The molecule has 0 spiro atoms. The average molecular weight is 244 g/mol. The van der Waals surface area contributed by atoms with Crippen LogP contribution in [-0.2, 0) is 14.2 Å². The van der Waals surface area contributed by atoms with Gasteiger partial charge in [0, 0.05) is 29.2 Å². The maximum absolute atomic E-state index is 5.94. The van der Waals surface area contributed by atoms with E-state index in [2.05, 4.69) is 0 Å². The number of methoxy groups -OCH3 is 1. The number of rotatable bonds is 6. The maximum Gasteiger partial charge on any atom is 0.107 e. The van der Waals surface area contributed by atoms with E-state index in [1.165, 1.54) is 48.8 Å². The van der Waals surface area contributed by atoms with Crippen LogP contribution in [0.3, 0.4) is 0 Å². The lowest BCUT2D eigenvalue weighted by Gasteiger charge is -2.34. The molecule has 3 nitrogen and oxygen atoms in total. The van der Waals surface area contributed by atoms with Crippen molar-refractivity contribution < 1.29 is 14.2 Å². The molecule has 0 aromatic heterocycles. The molecule has 0 bridgehead atoms. The second kappa shape index (κ2) is 5.62. The van der Waals surface area contributed by atoms with Crippen molar-refractivity contribution in [3.63, 3.8) is 0 Å². The lowest BCUT2D eigenvalue weighted by atomic mass is 10.0. The smallest absolute Gasteiger partial charge is 0.107 e. The Morgan fingerprint density at radius 3 is 2.94 bits per heavy atom. The summed E-state index contributed by atoms with van der Waals surface area (Å²) in [5, 5.41) is 0.282. The zero-order valence-electron chi connectivity index (χ0n) is 10.5. The van der Waals surface area contributed by atoms with Crippen LogP contribution in [0.25, 0.3) is 0 Å². The number of hydrogen-bond acceptors (Lipinski definition) is 3. The van der Waals surface area contributed by atoms with Gasteiger partial charge in [0.25, 0.3) is 0 Å². The van der Waals surface area contributed by atoms with Gasteiger partial charge in [-0.05, 0) is 38.5 Å². The van der Waals surface area contributed by atoms with Crippen LogP contribution >= 0.6 is 0 Å². The highest BCUT2D eigenvalue weighted by molar-refractivity contribution is 6.14. The molecule has 4 heteroatoms. The van der Waals surface area contributed by atoms with E-state index in [4.69, 9.17) is 14.2 Å². The summed E-state index contributed by atoms with van der Waals surface area (Å²) < 4.78 is 16.5. The van der Waals surface area contributed by atoms with Gasteiger partial charge in [0.1, 0.15) is 6.10 Å². The Kier molecular flexibility index (Phi) is 4.41. The molecular formula is C12H24O3Si. The van der Waals surface area contributed by atoms with Gasteiger partial charge in [-0.25, -0.2) is 0 Å². The van der Waals surface area contributed by atoms with Crippen molar-refractivity contribution in [2.24, 2.45) is 0 Å². The molecule has 2 saturated heterocycles. The molecule has 0 radical (unpaired) electrons. The monoisotopic (exact) mass is 244 g/mol. The van der Waals surface area contributed by atoms with Gasteiger partial charge in [0.05, 0.1) is 12.7 Å². The van der Waals surface area contributed by atoms with Gasteiger partial charge in [-0.1, -0.05) is 0 Å². The molecule has 0 saturated carbocycles. The first-order valence-electron chi connectivity index (χ1n) is 6.52. The Labute approximate surface area is 101 Å². The predicted molar refractivity (Wildman–Crippen MR) is 66.9 cm³/mol. The van der Waals surface area contributed by atoms with E-state index in [9.17, 15) is 0 Å². The van der Waals surface area contributed by atoms with Crippen molar-refractivity contribution in [3.05, 3.63) is 0 Å². The highest BCUT2D eigenvalue weighted by Crippen LogP contribution is 2.31. The summed E-state index contributed by atoms with van der Waals surface area (Å²) in [5.41, 5.74) is 0. The molecule has 2 aliphatic rings. The van der Waals surface area contributed by atoms with Gasteiger partial charge in [-0.15, -0.1) is 0 Å². The van der Waals surface area contributed by atoms with Crippen LogP contribution in [0, 0.1) is 0 Å². The third-order valence-corrected chi connectivity index (χ3v) is 5.05. The number of epoxide rings is 1. The van der Waals surface area contributed by atoms with Crippen LogP contribution in [0.1, 0.15) is 38.5 Å². The van der Waals surface area contributed by atoms with E-state index >= 15 is 0 Å². The van der Waals surface area contributed by atoms with E-state index in [1.54, 1.807) is 7.11 Å². The van der Waals surface area contributed by atoms with Crippen molar-refractivity contribution >= 4 is 10.2 Å². The van der Waals surface area contributed by atoms with Gasteiger partial charge in [0.2, 0.25) is 0 Å². The molecule has 0 aromatic rings. The topological polar surface area (TPSA) is 31.0 Å². The third kappa shape index (κ3) is 3.55. The lowest BCUT2D eigenvalue weighted by molar-refractivity contribution is -0.0241. The normalized spacial score (nSPS) is 38.8. The van der Waals surface area contributed by atoms with E-state index in [-0.39, 0.29) is 5.22 Å². The molecule has 0 N–H and O–H groups in total. The fourth-order valence-corrected chi connectivity index (χ4v) is 3.52. The lowest BCUT2D eigenvalue weighted by Crippen LogP contribution is -2.36. The highest BCUT2D eigenvalue weighted by Gasteiger charge is 2.38. The Morgan fingerprint density at radius 1 is 1.38 bits per heavy atom. The Balaban J connectivity index is 1.57. The van der Waals surface area contributed by atoms with Crippen molar-refractivity contribution in [1.82, 2.24) is 0 Å². The minimum atomic E-state index is 0.282. The van der Waals surface area contributed by atoms with Crippen molar-refractivity contribution in [1.29, 1.82) is 0 Å². The summed E-state index contributed by atoms with van der Waals surface area (Å²) in [5.74, 6) is 0. The van der Waals surface area contributed by atoms with E-state index in [0.29, 0.717) is 12.2 Å². The summed E-state index contributed by atoms with van der Waals surface area (Å²) >= 11 is 0. The quantitative estimate of drug-likeness (QED) is 0.512. The zero-order chi connectivity index (χ0) is 11.4. The van der Waals surface area contributed by atoms with E-state index < -0.39 is 0 Å². The fourth-order valence-electron chi connectivity index (χ4n) is 2.61. The summed E-state index contributed by atoms with van der Waals surface area (Å²) in [6, 6.07) is 0. The molecule has 3 atom stereocenters. The van der Waals surface area contributed by atoms with Gasteiger partial charge < -0.3 is 14.2 Å². The number of hydrogen-bond donors (Lipinski definition) is 0. The highest BCUT2D eigenvalue weighted by atomic mass is 28.1. The van der Waals surface area contributed by atoms with Gasteiger partial charge >= 0.3 is 0 Å². The first-order chi connectivity index (χ1) is 7.73. The first kappa shape index (κ1) is 12.6. The van der Waals surface area contributed by atoms with Crippen molar-refractivity contribution in [2.45, 2.75) is 56.0 Å². The Hall–Kier alpha value is 0.0969. The molecule has 2 fully saturated rings. The average Bonchev–Trinajstić information content (AvgIpc) is 2.98. The zero-order valence-corrected chi connectivity index (χ0v) is 12.5. The largest absolute Gasteiger partial charge is 0.382 e. The molecule has 0 aromatic carbocycles. The maximum atomic E-state index is 5.94. The van der Waals surface area contributed by atoms with Crippen LogP contribution < -0.4 is 0 Å². The third-order valence-electron chi connectivity index (χ3n) is 3.76. The molecule has 2 aliphatic heterocycles. The Morgan fingerprint density at radius 2 is 2.25 bits per heavy atom. The molecule has 16 heavy (non-hydrogen) atoms. The first-order valence-corrected chi connectivity index (χ1v) is 7.52. The minimum absolute atomic E-state index is 0.282. The van der Waals surface area contributed by atoms with Crippen LogP contribution in [-0.4, -0.2) is 48.0 Å². The Bertz CT molecular complexity index is 216. The molecule has 2 heterocycles. The van der Waals surface area contributed by atoms with E-state index in [0.717, 1.165) is 13.2 Å². The van der Waals surface area contributed by atoms with Crippen LogP contribution in [0.2, 0.25) is 0 Å². The standard InChI is InChI=1S/C12H24O3Si/c1-13-9-11-10(15-11)5-4-7-12(16)6-2-3-8-14-12/h10-11H,2-9H2,1,16H3. The minimum Gasteiger partial charge on any atom is -0.382 e. The molecule has 0 amide bonds. The van der Waals surface area contributed by atoms with Crippen LogP contribution in [0.4, 0.5) is 0 Å². The van der Waals surface area contributed by atoms with Gasteiger partial charge in [-0.3, -0.25) is 0 Å². The predicted octanol–water partition coefficient (Wildman–Crippen LogP) is 0.833. The second-order valence-corrected chi connectivity index (χ2v) is 7.14. The SMILES string of the molecule is COCC1OC1CCCC1([SiH3])CCCCO1. The second-order valence-electron chi connectivity index (χ2n) is 5.32.